The largest absolute Gasteiger partial charge is 0.330 e. The molecule has 1 aromatic rings. The van der Waals surface area contributed by atoms with Crippen LogP contribution >= 0.6 is 0 Å². The van der Waals surface area contributed by atoms with Crippen LogP contribution in [0.2, 0.25) is 0 Å². The van der Waals surface area contributed by atoms with Crippen molar-refractivity contribution in [3.8, 4) is 0 Å². The highest BCUT2D eigenvalue weighted by atomic mass is 19.1. The maximum absolute atomic E-state index is 13.0. The predicted molar refractivity (Wildman–Crippen MR) is 68.2 cm³/mol. The van der Waals surface area contributed by atoms with Gasteiger partial charge in [-0.3, -0.25) is 0 Å². The topological polar surface area (TPSA) is 38.0 Å². The SMILES string of the molecule is NCC1CCCC1NCCc1cc(F)cc(F)c1. The molecule has 1 fully saturated rings. The fraction of sp³-hybridized carbons (Fsp3) is 0.571. The Hall–Kier alpha value is -1.00. The Morgan fingerprint density at radius 2 is 1.89 bits per heavy atom. The van der Waals surface area contributed by atoms with Gasteiger partial charge in [0, 0.05) is 12.1 Å². The second-order valence-corrected chi connectivity index (χ2v) is 5.01. The monoisotopic (exact) mass is 254 g/mol. The Balaban J connectivity index is 1.81. The summed E-state index contributed by atoms with van der Waals surface area (Å²) in [5.74, 6) is -0.467. The molecule has 0 amide bonds. The molecule has 0 bridgehead atoms. The number of rotatable bonds is 5. The summed E-state index contributed by atoms with van der Waals surface area (Å²) in [4.78, 5) is 0. The van der Waals surface area contributed by atoms with Crippen LogP contribution in [0.25, 0.3) is 0 Å². The van der Waals surface area contributed by atoms with Crippen molar-refractivity contribution in [2.75, 3.05) is 13.1 Å². The molecule has 0 radical (unpaired) electrons. The van der Waals surface area contributed by atoms with Crippen LogP contribution in [-0.2, 0) is 6.42 Å². The van der Waals surface area contributed by atoms with Crippen molar-refractivity contribution in [1.29, 1.82) is 0 Å². The molecule has 18 heavy (non-hydrogen) atoms. The third kappa shape index (κ3) is 3.50. The second kappa shape index (κ2) is 6.25. The average Bonchev–Trinajstić information content (AvgIpc) is 2.75. The molecule has 2 rings (SSSR count). The van der Waals surface area contributed by atoms with Gasteiger partial charge >= 0.3 is 0 Å². The molecule has 2 atom stereocenters. The van der Waals surface area contributed by atoms with Crippen molar-refractivity contribution in [3.63, 3.8) is 0 Å². The molecule has 1 aliphatic carbocycles. The third-order valence-corrected chi connectivity index (χ3v) is 3.70. The zero-order chi connectivity index (χ0) is 13.0. The van der Waals surface area contributed by atoms with E-state index in [4.69, 9.17) is 5.73 Å². The molecule has 0 heterocycles. The Morgan fingerprint density at radius 3 is 2.56 bits per heavy atom. The molecule has 3 N–H and O–H groups in total. The lowest BCUT2D eigenvalue weighted by molar-refractivity contribution is 0.410. The first-order valence-corrected chi connectivity index (χ1v) is 6.57. The molecule has 1 aliphatic rings. The van der Waals surface area contributed by atoms with Gasteiger partial charge in [-0.05, 0) is 56.0 Å². The van der Waals surface area contributed by atoms with E-state index >= 15 is 0 Å². The first-order chi connectivity index (χ1) is 8.69. The number of benzene rings is 1. The highest BCUT2D eigenvalue weighted by Crippen LogP contribution is 2.24. The Kier molecular flexibility index (Phi) is 4.66. The first kappa shape index (κ1) is 13.4. The van der Waals surface area contributed by atoms with Crippen molar-refractivity contribution >= 4 is 0 Å². The van der Waals surface area contributed by atoms with Crippen molar-refractivity contribution in [2.45, 2.75) is 31.7 Å². The smallest absolute Gasteiger partial charge is 0.126 e. The van der Waals surface area contributed by atoms with Crippen LogP contribution in [0.4, 0.5) is 8.78 Å². The van der Waals surface area contributed by atoms with Gasteiger partial charge in [-0.1, -0.05) is 6.42 Å². The first-order valence-electron chi connectivity index (χ1n) is 6.57. The summed E-state index contributed by atoms with van der Waals surface area (Å²) < 4.78 is 26.0. The second-order valence-electron chi connectivity index (χ2n) is 5.01. The minimum absolute atomic E-state index is 0.466. The van der Waals surface area contributed by atoms with Crippen molar-refractivity contribution in [2.24, 2.45) is 11.7 Å². The minimum Gasteiger partial charge on any atom is -0.330 e. The lowest BCUT2D eigenvalue weighted by Crippen LogP contribution is -2.37. The van der Waals surface area contributed by atoms with Crippen LogP contribution in [0.1, 0.15) is 24.8 Å². The van der Waals surface area contributed by atoms with Gasteiger partial charge in [0.15, 0.2) is 0 Å². The number of halogens is 2. The summed E-state index contributed by atoms with van der Waals surface area (Å²) in [6.45, 7) is 1.45. The van der Waals surface area contributed by atoms with Gasteiger partial charge < -0.3 is 11.1 Å². The molecule has 4 heteroatoms. The third-order valence-electron chi connectivity index (χ3n) is 3.70. The lowest BCUT2D eigenvalue weighted by Gasteiger charge is -2.19. The van der Waals surface area contributed by atoms with Gasteiger partial charge in [0.25, 0.3) is 0 Å². The molecule has 1 aromatic carbocycles. The fourth-order valence-electron chi connectivity index (χ4n) is 2.74. The normalized spacial score (nSPS) is 23.5. The Morgan fingerprint density at radius 1 is 1.17 bits per heavy atom. The van der Waals surface area contributed by atoms with Crippen molar-refractivity contribution < 1.29 is 8.78 Å². The van der Waals surface area contributed by atoms with E-state index in [1.54, 1.807) is 0 Å². The van der Waals surface area contributed by atoms with E-state index in [0.29, 0.717) is 30.5 Å². The molecule has 2 nitrogen and oxygen atoms in total. The summed E-state index contributed by atoms with van der Waals surface area (Å²) in [6.07, 6.45) is 4.19. The van der Waals surface area contributed by atoms with Crippen LogP contribution in [0.3, 0.4) is 0 Å². The number of hydrogen-bond donors (Lipinski definition) is 2. The van der Waals surface area contributed by atoms with Gasteiger partial charge in [-0.2, -0.15) is 0 Å². The molecule has 0 saturated heterocycles. The summed E-state index contributed by atoms with van der Waals surface area (Å²) in [5, 5.41) is 3.45. The average molecular weight is 254 g/mol. The lowest BCUT2D eigenvalue weighted by atomic mass is 10.0. The van der Waals surface area contributed by atoms with Crippen LogP contribution in [0.5, 0.6) is 0 Å². The van der Waals surface area contributed by atoms with Crippen LogP contribution in [-0.4, -0.2) is 19.1 Å². The van der Waals surface area contributed by atoms with Crippen molar-refractivity contribution in [3.05, 3.63) is 35.4 Å². The van der Waals surface area contributed by atoms with E-state index in [2.05, 4.69) is 5.32 Å². The summed E-state index contributed by atoms with van der Waals surface area (Å²) in [7, 11) is 0. The predicted octanol–water partition coefficient (Wildman–Crippen LogP) is 2.22. The van der Waals surface area contributed by atoms with Gasteiger partial charge in [-0.15, -0.1) is 0 Å². The number of hydrogen-bond acceptors (Lipinski definition) is 2. The van der Waals surface area contributed by atoms with Gasteiger partial charge in [0.2, 0.25) is 0 Å². The minimum atomic E-state index is -0.509. The maximum Gasteiger partial charge on any atom is 0.126 e. The van der Waals surface area contributed by atoms with E-state index in [1.165, 1.54) is 25.0 Å². The van der Waals surface area contributed by atoms with Gasteiger partial charge in [-0.25, -0.2) is 8.78 Å². The van der Waals surface area contributed by atoms with Crippen LogP contribution in [0, 0.1) is 17.6 Å². The molecular formula is C14H20F2N2. The number of nitrogens with two attached hydrogens (primary N) is 1. The van der Waals surface area contributed by atoms with E-state index < -0.39 is 11.6 Å². The molecule has 1 saturated carbocycles. The Bertz CT molecular complexity index is 375. The van der Waals surface area contributed by atoms with Crippen molar-refractivity contribution in [1.82, 2.24) is 5.32 Å². The van der Waals surface area contributed by atoms with E-state index in [0.717, 1.165) is 19.0 Å². The summed E-state index contributed by atoms with van der Waals surface area (Å²) in [5.41, 5.74) is 6.40. The molecule has 0 aliphatic heterocycles. The van der Waals surface area contributed by atoms with Gasteiger partial charge in [0.1, 0.15) is 11.6 Å². The molecule has 100 valence electrons. The highest BCUT2D eigenvalue weighted by molar-refractivity contribution is 5.18. The van der Waals surface area contributed by atoms with E-state index in [1.807, 2.05) is 0 Å². The maximum atomic E-state index is 13.0. The highest BCUT2D eigenvalue weighted by Gasteiger charge is 2.24. The van der Waals surface area contributed by atoms with Crippen LogP contribution in [0.15, 0.2) is 18.2 Å². The summed E-state index contributed by atoms with van der Waals surface area (Å²) in [6, 6.07) is 4.14. The van der Waals surface area contributed by atoms with E-state index in [9.17, 15) is 8.78 Å². The fourth-order valence-corrected chi connectivity index (χ4v) is 2.74. The quantitative estimate of drug-likeness (QED) is 0.845. The molecular weight excluding hydrogens is 234 g/mol. The van der Waals surface area contributed by atoms with E-state index in [-0.39, 0.29) is 0 Å². The number of nitrogens with one attached hydrogen (secondary N) is 1. The van der Waals surface area contributed by atoms with Gasteiger partial charge in [0.05, 0.1) is 0 Å². The van der Waals surface area contributed by atoms with Crippen LogP contribution < -0.4 is 11.1 Å². The molecule has 2 unspecified atom stereocenters. The summed E-state index contributed by atoms with van der Waals surface area (Å²) >= 11 is 0. The zero-order valence-electron chi connectivity index (χ0n) is 10.5. The zero-order valence-corrected chi connectivity index (χ0v) is 10.5. The standard InChI is InChI=1S/C14H20F2N2/c15-12-6-10(7-13(16)8-12)4-5-18-14-3-1-2-11(14)9-17/h6-8,11,14,18H,1-5,9,17H2. The molecule has 0 aromatic heterocycles. The molecule has 0 spiro atoms. The Labute approximate surface area is 107 Å².